The van der Waals surface area contributed by atoms with Crippen molar-refractivity contribution in [3.8, 4) is 0 Å². The molecule has 0 unspecified atom stereocenters. The van der Waals surface area contributed by atoms with Gasteiger partial charge < -0.3 is 10.6 Å². The molecule has 1 aromatic rings. The Bertz CT molecular complexity index is 582. The molecular formula is C12H19N3O3S. The van der Waals surface area contributed by atoms with Gasteiger partial charge in [0.2, 0.25) is 15.9 Å². The SMILES string of the molecule is CNCCC(=O)Nc1cc(S(N)(=O)=O)cc(C)c1C. The van der Waals surface area contributed by atoms with Gasteiger partial charge in [-0.15, -0.1) is 0 Å². The molecule has 7 heteroatoms. The maximum atomic E-state index is 11.7. The molecule has 1 amide bonds. The lowest BCUT2D eigenvalue weighted by atomic mass is 10.1. The molecule has 0 fully saturated rings. The largest absolute Gasteiger partial charge is 0.326 e. The van der Waals surface area contributed by atoms with Gasteiger partial charge in [0.1, 0.15) is 0 Å². The van der Waals surface area contributed by atoms with E-state index in [0.29, 0.717) is 18.7 Å². The van der Waals surface area contributed by atoms with Crippen molar-refractivity contribution in [1.82, 2.24) is 5.32 Å². The zero-order valence-corrected chi connectivity index (χ0v) is 12.1. The normalized spacial score (nSPS) is 11.4. The molecule has 19 heavy (non-hydrogen) atoms. The van der Waals surface area contributed by atoms with Crippen molar-refractivity contribution in [3.63, 3.8) is 0 Å². The molecule has 6 nitrogen and oxygen atoms in total. The first-order chi connectivity index (χ1) is 8.75. The number of carbonyl (C=O) groups excluding carboxylic acids is 1. The van der Waals surface area contributed by atoms with Crippen LogP contribution < -0.4 is 15.8 Å². The number of primary sulfonamides is 1. The standard InChI is InChI=1S/C12H19N3O3S/c1-8-6-10(19(13,17)18)7-11(9(8)2)15-12(16)4-5-14-3/h6-7,14H,4-5H2,1-3H3,(H,15,16)(H2,13,17,18). The fourth-order valence-electron chi connectivity index (χ4n) is 1.57. The van der Waals surface area contributed by atoms with E-state index >= 15 is 0 Å². The molecule has 0 atom stereocenters. The van der Waals surface area contributed by atoms with Gasteiger partial charge in [-0.1, -0.05) is 0 Å². The number of amides is 1. The summed E-state index contributed by atoms with van der Waals surface area (Å²) in [7, 11) is -2.03. The highest BCUT2D eigenvalue weighted by atomic mass is 32.2. The van der Waals surface area contributed by atoms with E-state index in [0.717, 1.165) is 11.1 Å². The molecule has 0 radical (unpaired) electrons. The maximum absolute atomic E-state index is 11.7. The van der Waals surface area contributed by atoms with Crippen LogP contribution in [0.25, 0.3) is 0 Å². The molecule has 1 aromatic carbocycles. The summed E-state index contributed by atoms with van der Waals surface area (Å²) in [4.78, 5) is 11.7. The third-order valence-electron chi connectivity index (χ3n) is 2.85. The summed E-state index contributed by atoms with van der Waals surface area (Å²) in [6.45, 7) is 4.14. The highest BCUT2D eigenvalue weighted by Crippen LogP contribution is 2.23. The van der Waals surface area contributed by atoms with E-state index in [1.165, 1.54) is 12.1 Å². The quantitative estimate of drug-likeness (QED) is 0.733. The van der Waals surface area contributed by atoms with Crippen molar-refractivity contribution < 1.29 is 13.2 Å². The van der Waals surface area contributed by atoms with Crippen molar-refractivity contribution in [2.45, 2.75) is 25.2 Å². The number of hydrogen-bond acceptors (Lipinski definition) is 4. The van der Waals surface area contributed by atoms with Crippen LogP contribution in [-0.4, -0.2) is 27.9 Å². The van der Waals surface area contributed by atoms with Crippen LogP contribution in [0.15, 0.2) is 17.0 Å². The van der Waals surface area contributed by atoms with Gasteiger partial charge in [0.05, 0.1) is 4.90 Å². The fourth-order valence-corrected chi connectivity index (χ4v) is 2.19. The van der Waals surface area contributed by atoms with E-state index in [9.17, 15) is 13.2 Å². The van der Waals surface area contributed by atoms with Crippen LogP contribution in [0.5, 0.6) is 0 Å². The minimum absolute atomic E-state index is 0.000448. The Kier molecular flexibility index (Phi) is 5.04. The highest BCUT2D eigenvalue weighted by Gasteiger charge is 2.13. The molecule has 0 saturated carbocycles. The lowest BCUT2D eigenvalue weighted by molar-refractivity contribution is -0.116. The van der Waals surface area contributed by atoms with E-state index in [1.807, 2.05) is 6.92 Å². The third kappa shape index (κ3) is 4.30. The number of carbonyl (C=O) groups is 1. The Balaban J connectivity index is 3.07. The number of anilines is 1. The summed E-state index contributed by atoms with van der Waals surface area (Å²) in [5.41, 5.74) is 2.06. The number of nitrogens with two attached hydrogens (primary N) is 1. The van der Waals surface area contributed by atoms with E-state index in [1.54, 1.807) is 14.0 Å². The van der Waals surface area contributed by atoms with E-state index in [2.05, 4.69) is 10.6 Å². The summed E-state index contributed by atoms with van der Waals surface area (Å²) in [6.07, 6.45) is 0.314. The zero-order chi connectivity index (χ0) is 14.6. The van der Waals surface area contributed by atoms with Gasteiger partial charge in [0, 0.05) is 18.7 Å². The summed E-state index contributed by atoms with van der Waals surface area (Å²) in [6, 6.07) is 2.88. The summed E-state index contributed by atoms with van der Waals surface area (Å²) in [5.74, 6) is -0.177. The lowest BCUT2D eigenvalue weighted by Crippen LogP contribution is -2.20. The van der Waals surface area contributed by atoms with Gasteiger partial charge in [-0.2, -0.15) is 0 Å². The predicted octanol–water partition coefficient (Wildman–Crippen LogP) is 0.499. The molecule has 0 spiro atoms. The van der Waals surface area contributed by atoms with Crippen molar-refractivity contribution in [2.24, 2.45) is 5.14 Å². The second kappa shape index (κ2) is 6.14. The van der Waals surface area contributed by atoms with Crippen LogP contribution in [-0.2, 0) is 14.8 Å². The minimum Gasteiger partial charge on any atom is -0.326 e. The lowest BCUT2D eigenvalue weighted by Gasteiger charge is -2.12. The summed E-state index contributed by atoms with van der Waals surface area (Å²) in [5, 5.41) is 10.7. The van der Waals surface area contributed by atoms with Crippen LogP contribution in [0, 0.1) is 13.8 Å². The molecule has 0 aliphatic carbocycles. The molecule has 0 bridgehead atoms. The molecule has 0 heterocycles. The average Bonchev–Trinajstić information content (AvgIpc) is 2.30. The first kappa shape index (κ1) is 15.6. The molecule has 0 saturated heterocycles. The number of benzene rings is 1. The number of nitrogens with one attached hydrogen (secondary N) is 2. The Hall–Kier alpha value is -1.44. The molecule has 4 N–H and O–H groups in total. The smallest absolute Gasteiger partial charge is 0.238 e. The molecule has 0 aliphatic rings. The van der Waals surface area contributed by atoms with Crippen LogP contribution in [0.4, 0.5) is 5.69 Å². The maximum Gasteiger partial charge on any atom is 0.238 e. The number of rotatable bonds is 5. The molecule has 0 aromatic heterocycles. The van der Waals surface area contributed by atoms with Gasteiger partial charge in [0.25, 0.3) is 0 Å². The first-order valence-corrected chi connectivity index (χ1v) is 7.39. The van der Waals surface area contributed by atoms with Crippen LogP contribution in [0.2, 0.25) is 0 Å². The minimum atomic E-state index is -3.78. The Morgan fingerprint density at radius 3 is 2.47 bits per heavy atom. The van der Waals surface area contributed by atoms with Crippen LogP contribution in [0.3, 0.4) is 0 Å². The van der Waals surface area contributed by atoms with Crippen molar-refractivity contribution in [3.05, 3.63) is 23.3 Å². The van der Waals surface area contributed by atoms with Gasteiger partial charge in [0.15, 0.2) is 0 Å². The van der Waals surface area contributed by atoms with Gasteiger partial charge in [-0.05, 0) is 44.2 Å². The molecule has 106 valence electrons. The van der Waals surface area contributed by atoms with Crippen LogP contribution >= 0.6 is 0 Å². The third-order valence-corrected chi connectivity index (χ3v) is 3.74. The summed E-state index contributed by atoms with van der Waals surface area (Å²) < 4.78 is 22.7. The van der Waals surface area contributed by atoms with Crippen LogP contribution in [0.1, 0.15) is 17.5 Å². The Morgan fingerprint density at radius 1 is 1.32 bits per heavy atom. The highest BCUT2D eigenvalue weighted by molar-refractivity contribution is 7.89. The molecule has 1 rings (SSSR count). The van der Waals surface area contributed by atoms with Gasteiger partial charge in [-0.25, -0.2) is 13.6 Å². The van der Waals surface area contributed by atoms with Gasteiger partial charge >= 0.3 is 0 Å². The summed E-state index contributed by atoms with van der Waals surface area (Å²) >= 11 is 0. The second-order valence-electron chi connectivity index (χ2n) is 4.36. The first-order valence-electron chi connectivity index (χ1n) is 5.84. The molecule has 0 aliphatic heterocycles. The Morgan fingerprint density at radius 2 is 1.95 bits per heavy atom. The fraction of sp³-hybridized carbons (Fsp3) is 0.417. The number of sulfonamides is 1. The predicted molar refractivity (Wildman–Crippen MR) is 74.5 cm³/mol. The van der Waals surface area contributed by atoms with E-state index in [4.69, 9.17) is 5.14 Å². The van der Waals surface area contributed by atoms with Crippen molar-refractivity contribution in [1.29, 1.82) is 0 Å². The monoisotopic (exact) mass is 285 g/mol. The molecular weight excluding hydrogens is 266 g/mol. The van der Waals surface area contributed by atoms with Gasteiger partial charge in [-0.3, -0.25) is 4.79 Å². The van der Waals surface area contributed by atoms with Crippen molar-refractivity contribution in [2.75, 3.05) is 18.9 Å². The van der Waals surface area contributed by atoms with Crippen molar-refractivity contribution >= 4 is 21.6 Å². The second-order valence-corrected chi connectivity index (χ2v) is 5.92. The number of hydrogen-bond donors (Lipinski definition) is 3. The zero-order valence-electron chi connectivity index (χ0n) is 11.3. The topological polar surface area (TPSA) is 101 Å². The van der Waals surface area contributed by atoms with E-state index in [-0.39, 0.29) is 10.8 Å². The average molecular weight is 285 g/mol. The Labute approximate surface area is 113 Å². The number of aryl methyl sites for hydroxylation is 1. The van der Waals surface area contributed by atoms with E-state index < -0.39 is 10.0 Å².